The van der Waals surface area contributed by atoms with Gasteiger partial charge in [0, 0.05) is 6.07 Å². The van der Waals surface area contributed by atoms with Gasteiger partial charge >= 0.3 is 0 Å². The topological polar surface area (TPSA) is 53.2 Å². The highest BCUT2D eigenvalue weighted by Gasteiger charge is 2.07. The molecule has 14 heavy (non-hydrogen) atoms. The number of phenolic OH excluding ortho intramolecular Hbond substituents is 1. The van der Waals surface area contributed by atoms with Crippen molar-refractivity contribution in [2.45, 2.75) is 0 Å². The minimum Gasteiger partial charge on any atom is -0.506 e. The first-order valence-corrected chi connectivity index (χ1v) is 4.23. The van der Waals surface area contributed by atoms with Crippen LogP contribution in [0.4, 0.5) is 0 Å². The number of aromatic hydroxyl groups is 1. The molecular formula is C10H8ClNO2. The van der Waals surface area contributed by atoms with Crippen molar-refractivity contribution in [2.75, 3.05) is 6.61 Å². The van der Waals surface area contributed by atoms with Gasteiger partial charge in [-0.3, -0.25) is 0 Å². The van der Waals surface area contributed by atoms with E-state index in [9.17, 15) is 5.11 Å². The minimum atomic E-state index is -0.143. The average Bonchev–Trinajstić information content (AvgIpc) is 2.18. The first-order chi connectivity index (χ1) is 6.69. The van der Waals surface area contributed by atoms with E-state index < -0.39 is 0 Å². The summed E-state index contributed by atoms with van der Waals surface area (Å²) in [7, 11) is 0. The maximum atomic E-state index is 9.33. The number of hydrogen-bond donors (Lipinski definition) is 1. The largest absolute Gasteiger partial charge is 0.506 e. The fourth-order valence-electron chi connectivity index (χ4n) is 0.892. The Morgan fingerprint density at radius 2 is 2.36 bits per heavy atom. The average molecular weight is 210 g/mol. The number of phenols is 1. The van der Waals surface area contributed by atoms with Crippen molar-refractivity contribution < 1.29 is 9.84 Å². The van der Waals surface area contributed by atoms with Gasteiger partial charge in [0.25, 0.3) is 0 Å². The molecule has 72 valence electrons. The summed E-state index contributed by atoms with van der Waals surface area (Å²) in [6.45, 7) is 3.78. The molecule has 0 aromatic heterocycles. The smallest absolute Gasteiger partial charge is 0.142 e. The molecule has 0 fully saturated rings. The van der Waals surface area contributed by atoms with Crippen LogP contribution in [-0.2, 0) is 0 Å². The van der Waals surface area contributed by atoms with Crippen molar-refractivity contribution in [2.24, 2.45) is 0 Å². The van der Waals surface area contributed by atoms with Gasteiger partial charge in [-0.05, 0) is 6.07 Å². The molecule has 0 heterocycles. The highest BCUT2D eigenvalue weighted by Crippen LogP contribution is 2.31. The summed E-state index contributed by atoms with van der Waals surface area (Å²) in [6.07, 6.45) is 1.56. The maximum absolute atomic E-state index is 9.33. The number of rotatable bonds is 3. The molecule has 4 heteroatoms. The molecular weight excluding hydrogens is 202 g/mol. The van der Waals surface area contributed by atoms with Crippen molar-refractivity contribution >= 4 is 11.6 Å². The van der Waals surface area contributed by atoms with Gasteiger partial charge in [0.15, 0.2) is 0 Å². The van der Waals surface area contributed by atoms with E-state index in [1.54, 1.807) is 6.08 Å². The van der Waals surface area contributed by atoms with E-state index in [2.05, 4.69) is 6.58 Å². The zero-order chi connectivity index (χ0) is 10.6. The molecule has 3 nitrogen and oxygen atoms in total. The van der Waals surface area contributed by atoms with Gasteiger partial charge in [-0.25, -0.2) is 0 Å². The number of nitriles is 1. The summed E-state index contributed by atoms with van der Waals surface area (Å²) in [5.41, 5.74) is 0.126. The standard InChI is InChI=1S/C10H8ClNO2/c1-2-3-14-10-5-9(13)7(6-12)4-8(10)11/h2,4-5,13H,1,3H2. The summed E-state index contributed by atoms with van der Waals surface area (Å²) >= 11 is 5.79. The van der Waals surface area contributed by atoms with Crippen LogP contribution in [0.3, 0.4) is 0 Å². The van der Waals surface area contributed by atoms with E-state index in [1.807, 2.05) is 6.07 Å². The van der Waals surface area contributed by atoms with Gasteiger partial charge in [-0.1, -0.05) is 24.3 Å². The third-order valence-electron chi connectivity index (χ3n) is 1.53. The molecule has 0 atom stereocenters. The molecule has 0 aliphatic carbocycles. The second-order valence-electron chi connectivity index (χ2n) is 2.51. The number of hydrogen-bond acceptors (Lipinski definition) is 3. The number of nitrogens with zero attached hydrogens (tertiary/aromatic N) is 1. The highest BCUT2D eigenvalue weighted by molar-refractivity contribution is 6.32. The molecule has 1 aromatic carbocycles. The molecule has 0 spiro atoms. The van der Waals surface area contributed by atoms with Crippen molar-refractivity contribution in [3.8, 4) is 17.6 Å². The molecule has 0 bridgehead atoms. The Hall–Kier alpha value is -1.66. The van der Waals surface area contributed by atoms with Crippen LogP contribution in [0.2, 0.25) is 5.02 Å². The molecule has 0 radical (unpaired) electrons. The van der Waals surface area contributed by atoms with Gasteiger partial charge in [-0.15, -0.1) is 0 Å². The monoisotopic (exact) mass is 209 g/mol. The molecule has 1 aromatic rings. The van der Waals surface area contributed by atoms with Crippen LogP contribution in [0.1, 0.15) is 5.56 Å². The van der Waals surface area contributed by atoms with Crippen molar-refractivity contribution in [1.82, 2.24) is 0 Å². The van der Waals surface area contributed by atoms with Crippen molar-refractivity contribution in [1.29, 1.82) is 5.26 Å². The Balaban J connectivity index is 3.03. The number of halogens is 1. The molecule has 1 rings (SSSR count). The number of ether oxygens (including phenoxy) is 1. The third kappa shape index (κ3) is 2.18. The Morgan fingerprint density at radius 3 is 2.93 bits per heavy atom. The SMILES string of the molecule is C=CCOc1cc(O)c(C#N)cc1Cl. The fourth-order valence-corrected chi connectivity index (χ4v) is 1.11. The Bertz CT molecular complexity index is 396. The number of benzene rings is 1. The Morgan fingerprint density at radius 1 is 1.64 bits per heavy atom. The van der Waals surface area contributed by atoms with E-state index in [1.165, 1.54) is 12.1 Å². The van der Waals surface area contributed by atoms with E-state index >= 15 is 0 Å². The van der Waals surface area contributed by atoms with Gasteiger partial charge in [0.2, 0.25) is 0 Å². The summed E-state index contributed by atoms with van der Waals surface area (Å²) in [5, 5.41) is 18.2. The normalized spacial score (nSPS) is 9.14. The fraction of sp³-hybridized carbons (Fsp3) is 0.100. The second-order valence-corrected chi connectivity index (χ2v) is 2.92. The van der Waals surface area contributed by atoms with E-state index in [0.717, 1.165) is 0 Å². The second kappa shape index (κ2) is 4.54. The van der Waals surface area contributed by atoms with Crippen LogP contribution in [0.25, 0.3) is 0 Å². The molecule has 0 saturated heterocycles. The quantitative estimate of drug-likeness (QED) is 0.779. The van der Waals surface area contributed by atoms with E-state index in [-0.39, 0.29) is 11.3 Å². The van der Waals surface area contributed by atoms with Crippen LogP contribution < -0.4 is 4.74 Å². The summed E-state index contributed by atoms with van der Waals surface area (Å²) in [4.78, 5) is 0. The lowest BCUT2D eigenvalue weighted by Gasteiger charge is -2.06. The summed E-state index contributed by atoms with van der Waals surface area (Å²) in [5.74, 6) is 0.194. The van der Waals surface area contributed by atoms with Crippen LogP contribution in [0.5, 0.6) is 11.5 Å². The first kappa shape index (κ1) is 10.4. The van der Waals surface area contributed by atoms with Crippen LogP contribution in [0, 0.1) is 11.3 Å². The minimum absolute atomic E-state index is 0.126. The lowest BCUT2D eigenvalue weighted by atomic mass is 10.2. The molecule has 0 saturated carbocycles. The lowest BCUT2D eigenvalue weighted by Crippen LogP contribution is -1.93. The van der Waals surface area contributed by atoms with Gasteiger partial charge in [0.1, 0.15) is 24.2 Å². The predicted octanol–water partition coefficient (Wildman–Crippen LogP) is 2.48. The molecule has 0 aliphatic heterocycles. The molecule has 0 amide bonds. The van der Waals surface area contributed by atoms with Crippen LogP contribution in [0.15, 0.2) is 24.8 Å². The van der Waals surface area contributed by atoms with Crippen molar-refractivity contribution in [3.63, 3.8) is 0 Å². The lowest BCUT2D eigenvalue weighted by molar-refractivity contribution is 0.360. The molecule has 0 unspecified atom stereocenters. The zero-order valence-corrected chi connectivity index (χ0v) is 8.08. The van der Waals surface area contributed by atoms with E-state index in [4.69, 9.17) is 21.6 Å². The van der Waals surface area contributed by atoms with E-state index in [0.29, 0.717) is 17.4 Å². The van der Waals surface area contributed by atoms with Crippen LogP contribution >= 0.6 is 11.6 Å². The summed E-state index contributed by atoms with van der Waals surface area (Å²) in [6, 6.07) is 4.48. The van der Waals surface area contributed by atoms with Gasteiger partial charge in [-0.2, -0.15) is 5.26 Å². The third-order valence-corrected chi connectivity index (χ3v) is 1.82. The van der Waals surface area contributed by atoms with Gasteiger partial charge in [0.05, 0.1) is 10.6 Å². The Labute approximate surface area is 86.8 Å². The first-order valence-electron chi connectivity index (χ1n) is 3.85. The maximum Gasteiger partial charge on any atom is 0.142 e. The highest BCUT2D eigenvalue weighted by atomic mass is 35.5. The summed E-state index contributed by atoms with van der Waals surface area (Å²) < 4.78 is 5.15. The molecule has 0 aliphatic rings. The molecule has 1 N–H and O–H groups in total. The zero-order valence-electron chi connectivity index (χ0n) is 7.33. The van der Waals surface area contributed by atoms with Crippen molar-refractivity contribution in [3.05, 3.63) is 35.4 Å². The van der Waals surface area contributed by atoms with Crippen LogP contribution in [-0.4, -0.2) is 11.7 Å². The van der Waals surface area contributed by atoms with Gasteiger partial charge < -0.3 is 9.84 Å². The predicted molar refractivity (Wildman–Crippen MR) is 53.5 cm³/mol. The Kier molecular flexibility index (Phi) is 3.38.